The lowest BCUT2D eigenvalue weighted by molar-refractivity contribution is -0.134. The third-order valence-electron chi connectivity index (χ3n) is 4.94. The Morgan fingerprint density at radius 1 is 1.24 bits per heavy atom. The van der Waals surface area contributed by atoms with Gasteiger partial charge in [0.05, 0.1) is 6.20 Å². The van der Waals surface area contributed by atoms with Gasteiger partial charge in [0.2, 0.25) is 5.89 Å². The molecule has 0 unspecified atom stereocenters. The summed E-state index contributed by atoms with van der Waals surface area (Å²) in [7, 11) is 0. The van der Waals surface area contributed by atoms with Gasteiger partial charge >= 0.3 is 0 Å². The van der Waals surface area contributed by atoms with E-state index in [1.54, 1.807) is 23.2 Å². The molecule has 3 aromatic rings. The highest BCUT2D eigenvalue weighted by molar-refractivity contribution is 6.31. The molecule has 0 radical (unpaired) electrons. The predicted octanol–water partition coefficient (Wildman–Crippen LogP) is 4.80. The van der Waals surface area contributed by atoms with Crippen LogP contribution in [-0.2, 0) is 11.2 Å². The number of hydrogen-bond acceptors (Lipinski definition) is 4. The summed E-state index contributed by atoms with van der Waals surface area (Å²) in [5, 5.41) is 0.674. The lowest BCUT2D eigenvalue weighted by Gasteiger charge is -2.22. The van der Waals surface area contributed by atoms with Gasteiger partial charge in [-0.3, -0.25) is 4.79 Å². The highest BCUT2D eigenvalue weighted by atomic mass is 35.5. The van der Waals surface area contributed by atoms with Crippen LogP contribution in [-0.4, -0.2) is 28.9 Å². The summed E-state index contributed by atoms with van der Waals surface area (Å²) >= 11 is 6.21. The molecule has 0 bridgehead atoms. The average molecular weight is 415 g/mol. The molecule has 1 aliphatic rings. The van der Waals surface area contributed by atoms with Crippen LogP contribution < -0.4 is 4.74 Å². The summed E-state index contributed by atoms with van der Waals surface area (Å²) in [4.78, 5) is 18.7. The Labute approximate surface area is 173 Å². The molecule has 0 N–H and O–H groups in total. The maximum absolute atomic E-state index is 13.7. The number of amides is 1. The third kappa shape index (κ3) is 4.43. The van der Waals surface area contributed by atoms with Gasteiger partial charge in [-0.1, -0.05) is 41.9 Å². The second kappa shape index (κ2) is 8.66. The van der Waals surface area contributed by atoms with Crippen LogP contribution in [0.1, 0.15) is 36.1 Å². The topological polar surface area (TPSA) is 55.6 Å². The molecule has 2 aromatic carbocycles. The van der Waals surface area contributed by atoms with E-state index < -0.39 is 5.82 Å². The van der Waals surface area contributed by atoms with Crippen molar-refractivity contribution in [1.82, 2.24) is 9.88 Å². The van der Waals surface area contributed by atoms with Gasteiger partial charge in [0.1, 0.15) is 11.8 Å². The van der Waals surface area contributed by atoms with Crippen LogP contribution in [0.5, 0.6) is 5.75 Å². The lowest BCUT2D eigenvalue weighted by atomic mass is 10.1. The van der Waals surface area contributed by atoms with Gasteiger partial charge in [-0.05, 0) is 36.6 Å². The Balaban J connectivity index is 1.42. The zero-order valence-corrected chi connectivity index (χ0v) is 16.4. The van der Waals surface area contributed by atoms with Crippen molar-refractivity contribution in [3.05, 3.63) is 82.8 Å². The molecular formula is C22H20ClFN2O3. The van der Waals surface area contributed by atoms with E-state index in [1.165, 1.54) is 12.1 Å². The second-order valence-electron chi connectivity index (χ2n) is 6.90. The number of para-hydroxylation sites is 1. The van der Waals surface area contributed by atoms with Gasteiger partial charge in [-0.25, -0.2) is 9.37 Å². The first-order valence-corrected chi connectivity index (χ1v) is 9.84. The summed E-state index contributed by atoms with van der Waals surface area (Å²) in [5.74, 6) is 0.547. The van der Waals surface area contributed by atoms with Crippen molar-refractivity contribution < 1.29 is 18.3 Å². The first-order chi connectivity index (χ1) is 14.1. The van der Waals surface area contributed by atoms with E-state index >= 15 is 0 Å². The minimum Gasteiger partial charge on any atom is -0.481 e. The number of oxazole rings is 1. The fourth-order valence-corrected chi connectivity index (χ4v) is 3.70. The average Bonchev–Trinajstić information content (AvgIpc) is 3.38. The molecule has 1 aliphatic heterocycles. The number of aromatic nitrogens is 1. The molecule has 0 spiro atoms. The molecule has 1 fully saturated rings. The molecule has 0 aliphatic carbocycles. The normalized spacial score (nSPS) is 16.2. The van der Waals surface area contributed by atoms with Crippen molar-refractivity contribution >= 4 is 17.5 Å². The Morgan fingerprint density at radius 2 is 2.03 bits per heavy atom. The van der Waals surface area contributed by atoms with Crippen molar-refractivity contribution in [2.75, 3.05) is 13.2 Å². The number of ether oxygens (including phenoxy) is 1. The van der Waals surface area contributed by atoms with Gasteiger partial charge in [0.25, 0.3) is 5.91 Å². The van der Waals surface area contributed by atoms with E-state index in [4.69, 9.17) is 20.8 Å². The molecule has 4 rings (SSSR count). The van der Waals surface area contributed by atoms with Crippen LogP contribution in [0.15, 0.2) is 59.1 Å². The molecular weight excluding hydrogens is 395 g/mol. The summed E-state index contributed by atoms with van der Waals surface area (Å²) in [6, 6.07) is 13.4. The van der Waals surface area contributed by atoms with Crippen LogP contribution in [0, 0.1) is 5.82 Å². The van der Waals surface area contributed by atoms with Gasteiger partial charge in [-0.15, -0.1) is 0 Å². The Morgan fingerprint density at radius 3 is 2.86 bits per heavy atom. The summed E-state index contributed by atoms with van der Waals surface area (Å²) in [6.45, 7) is 0.358. The van der Waals surface area contributed by atoms with Gasteiger partial charge in [0, 0.05) is 18.0 Å². The molecule has 1 amide bonds. The first kappa shape index (κ1) is 19.5. The minimum atomic E-state index is -0.491. The number of benzene rings is 2. The number of likely N-dealkylation sites (tertiary alicyclic amines) is 1. The Bertz CT molecular complexity index is 1010. The molecule has 7 heteroatoms. The summed E-state index contributed by atoms with van der Waals surface area (Å²) in [6.07, 6.45) is 3.81. The van der Waals surface area contributed by atoms with Gasteiger partial charge in [0.15, 0.2) is 18.2 Å². The van der Waals surface area contributed by atoms with Crippen LogP contribution in [0.2, 0.25) is 5.02 Å². The monoisotopic (exact) mass is 414 g/mol. The van der Waals surface area contributed by atoms with Crippen molar-refractivity contribution in [2.24, 2.45) is 0 Å². The van der Waals surface area contributed by atoms with Gasteiger partial charge in [-0.2, -0.15) is 0 Å². The first-order valence-electron chi connectivity index (χ1n) is 9.46. The summed E-state index contributed by atoms with van der Waals surface area (Å²) in [5.41, 5.74) is 0.953. The predicted molar refractivity (Wildman–Crippen MR) is 106 cm³/mol. The molecule has 0 saturated carbocycles. The smallest absolute Gasteiger partial charge is 0.261 e. The van der Waals surface area contributed by atoms with E-state index in [-0.39, 0.29) is 24.3 Å². The fraction of sp³-hybridized carbons (Fsp3) is 0.273. The number of carbonyl (C=O) groups is 1. The van der Waals surface area contributed by atoms with Crippen LogP contribution in [0.3, 0.4) is 0 Å². The van der Waals surface area contributed by atoms with Crippen molar-refractivity contribution in [1.29, 1.82) is 0 Å². The highest BCUT2D eigenvalue weighted by Crippen LogP contribution is 2.32. The maximum atomic E-state index is 13.7. The standard InChI is InChI=1S/C22H20ClFN2O3/c23-17-7-2-1-6-15(17)12-16-13-25-22(29-16)19-9-5-11-26(19)21(27)14-28-20-10-4-3-8-18(20)24/h1-4,6-8,10,13,19H,5,9,11-12,14H2/t19-/m1/s1. The van der Waals surface area contributed by atoms with Gasteiger partial charge < -0.3 is 14.1 Å². The number of hydrogen-bond donors (Lipinski definition) is 0. The van der Waals surface area contributed by atoms with Crippen LogP contribution in [0.25, 0.3) is 0 Å². The lowest BCUT2D eigenvalue weighted by Crippen LogP contribution is -2.34. The molecule has 1 atom stereocenters. The number of rotatable bonds is 6. The molecule has 2 heterocycles. The van der Waals surface area contributed by atoms with E-state index in [0.717, 1.165) is 18.4 Å². The van der Waals surface area contributed by atoms with Crippen LogP contribution >= 0.6 is 11.6 Å². The Hall–Kier alpha value is -2.86. The van der Waals surface area contributed by atoms with Crippen molar-refractivity contribution in [3.8, 4) is 5.75 Å². The number of nitrogens with zero attached hydrogens (tertiary/aromatic N) is 2. The molecule has 29 heavy (non-hydrogen) atoms. The highest BCUT2D eigenvalue weighted by Gasteiger charge is 2.33. The third-order valence-corrected chi connectivity index (χ3v) is 5.31. The Kier molecular flexibility index (Phi) is 5.81. The summed E-state index contributed by atoms with van der Waals surface area (Å²) < 4.78 is 25.0. The molecule has 1 saturated heterocycles. The number of carbonyl (C=O) groups excluding carboxylic acids is 1. The van der Waals surface area contributed by atoms with E-state index in [1.807, 2.05) is 24.3 Å². The largest absolute Gasteiger partial charge is 0.481 e. The van der Waals surface area contributed by atoms with Crippen molar-refractivity contribution in [3.63, 3.8) is 0 Å². The van der Waals surface area contributed by atoms with E-state index in [0.29, 0.717) is 29.6 Å². The molecule has 5 nitrogen and oxygen atoms in total. The molecule has 150 valence electrons. The maximum Gasteiger partial charge on any atom is 0.261 e. The van der Waals surface area contributed by atoms with E-state index in [2.05, 4.69) is 4.98 Å². The zero-order chi connectivity index (χ0) is 20.2. The fourth-order valence-electron chi connectivity index (χ4n) is 3.49. The zero-order valence-electron chi connectivity index (χ0n) is 15.7. The second-order valence-corrected chi connectivity index (χ2v) is 7.30. The van der Waals surface area contributed by atoms with Crippen LogP contribution in [0.4, 0.5) is 4.39 Å². The molecule has 1 aromatic heterocycles. The SMILES string of the molecule is O=C(COc1ccccc1F)N1CCC[C@@H]1c1ncc(Cc2ccccc2Cl)o1. The number of halogens is 2. The van der Waals surface area contributed by atoms with Crippen molar-refractivity contribution in [2.45, 2.75) is 25.3 Å². The quantitative estimate of drug-likeness (QED) is 0.581. The minimum absolute atomic E-state index is 0.0646. The van der Waals surface area contributed by atoms with E-state index in [9.17, 15) is 9.18 Å².